The van der Waals surface area contributed by atoms with Crippen molar-refractivity contribution in [2.75, 3.05) is 19.7 Å². The second-order valence-corrected chi connectivity index (χ2v) is 6.89. The van der Waals surface area contributed by atoms with Crippen LogP contribution < -0.4 is 26.4 Å². The van der Waals surface area contributed by atoms with Gasteiger partial charge in [-0.1, -0.05) is 17.7 Å². The summed E-state index contributed by atoms with van der Waals surface area (Å²) in [6.45, 7) is 0.0157. The fraction of sp³-hybridized carbons (Fsp3) is 0.200. The number of phenolic OH excluding ortho intramolecular Hbond substituents is 1. The van der Waals surface area contributed by atoms with Crippen LogP contribution in [0.25, 0.3) is 0 Å². The third-order valence-electron chi connectivity index (χ3n) is 4.06. The number of amides is 2. The fourth-order valence-corrected chi connectivity index (χ4v) is 2.70. The third-order valence-corrected chi connectivity index (χ3v) is 4.29. The maximum absolute atomic E-state index is 12.4. The molecule has 12 heteroatoms. The summed E-state index contributed by atoms with van der Waals surface area (Å²) in [5.74, 6) is -3.07. The average Bonchev–Trinajstić information content (AvgIpc) is 2.73. The first kappa shape index (κ1) is 24.3. The number of ether oxygens (including phenoxy) is 1. The third kappa shape index (κ3) is 7.36. The molecule has 0 bridgehead atoms. The summed E-state index contributed by atoms with van der Waals surface area (Å²) < 4.78 is 5.35. The number of hydrogen-bond donors (Lipinski definition) is 7. The van der Waals surface area contributed by atoms with Gasteiger partial charge in [0.2, 0.25) is 0 Å². The van der Waals surface area contributed by atoms with Crippen molar-refractivity contribution in [1.82, 2.24) is 16.0 Å². The molecule has 0 saturated heterocycles. The Bertz CT molecular complexity index is 1020. The van der Waals surface area contributed by atoms with E-state index in [9.17, 15) is 24.6 Å². The van der Waals surface area contributed by atoms with Gasteiger partial charge < -0.3 is 36.6 Å². The van der Waals surface area contributed by atoms with Crippen LogP contribution in [0.5, 0.6) is 11.5 Å². The van der Waals surface area contributed by atoms with E-state index in [0.29, 0.717) is 5.02 Å². The number of benzene rings is 2. The molecule has 32 heavy (non-hydrogen) atoms. The van der Waals surface area contributed by atoms with E-state index < -0.39 is 30.4 Å². The number of halogens is 1. The number of hydrogen-bond acceptors (Lipinski definition) is 6. The highest BCUT2D eigenvalue weighted by Gasteiger charge is 2.22. The van der Waals surface area contributed by atoms with Crippen LogP contribution in [0.3, 0.4) is 0 Å². The van der Waals surface area contributed by atoms with Gasteiger partial charge in [0.15, 0.2) is 5.96 Å². The zero-order valence-electron chi connectivity index (χ0n) is 16.7. The molecular formula is C20H22ClN5O6. The molecule has 170 valence electrons. The molecule has 2 rings (SSSR count). The number of phenols is 1. The van der Waals surface area contributed by atoms with Gasteiger partial charge in [0.1, 0.15) is 24.1 Å². The van der Waals surface area contributed by atoms with E-state index in [4.69, 9.17) is 27.5 Å². The summed E-state index contributed by atoms with van der Waals surface area (Å²) in [4.78, 5) is 36.1. The van der Waals surface area contributed by atoms with E-state index in [2.05, 4.69) is 16.0 Å². The highest BCUT2D eigenvalue weighted by atomic mass is 35.5. The predicted octanol–water partition coefficient (Wildman–Crippen LogP) is 0.520. The van der Waals surface area contributed by atoms with E-state index >= 15 is 0 Å². The number of carboxylic acid groups (broad SMARTS) is 1. The van der Waals surface area contributed by atoms with Crippen LogP contribution in [-0.2, 0) is 4.79 Å². The lowest BCUT2D eigenvalue weighted by Gasteiger charge is -2.16. The number of aromatic hydroxyl groups is 1. The minimum atomic E-state index is -1.41. The first-order chi connectivity index (χ1) is 15.2. The summed E-state index contributed by atoms with van der Waals surface area (Å²) in [5, 5.41) is 34.0. The minimum absolute atomic E-state index is 0.107. The maximum Gasteiger partial charge on any atom is 0.328 e. The lowest BCUT2D eigenvalue weighted by molar-refractivity contribution is -0.139. The standard InChI is InChI=1S/C20H22ClN5O6/c21-12-3-1-2-11(8-12)17(28)26-15(19(30)31)10-25-18(29)14-5-4-13(9-16(14)27)32-7-6-24-20(22)23/h1-5,8-9,15,27H,6-7,10H2,(H,25,29)(H,26,28)(H,30,31)(H4,22,23,24)/t15-/m0/s1. The van der Waals surface area contributed by atoms with Crippen LogP contribution in [0.1, 0.15) is 20.7 Å². The number of aliphatic carboxylic acids is 1. The lowest BCUT2D eigenvalue weighted by atomic mass is 10.1. The van der Waals surface area contributed by atoms with Gasteiger partial charge in [-0.05, 0) is 30.3 Å². The second-order valence-electron chi connectivity index (χ2n) is 6.45. The first-order valence-corrected chi connectivity index (χ1v) is 9.66. The number of carbonyl (C=O) groups is 3. The van der Waals surface area contributed by atoms with Crippen LogP contribution in [0.15, 0.2) is 42.5 Å². The summed E-state index contributed by atoms with van der Waals surface area (Å²) in [7, 11) is 0. The zero-order chi connectivity index (χ0) is 23.7. The molecule has 0 aliphatic rings. The molecule has 0 radical (unpaired) electrons. The smallest absolute Gasteiger partial charge is 0.328 e. The Kier molecular flexibility index (Phi) is 8.66. The van der Waals surface area contributed by atoms with Gasteiger partial charge in [-0.25, -0.2) is 4.79 Å². The van der Waals surface area contributed by atoms with Crippen LogP contribution in [-0.4, -0.2) is 59.7 Å². The van der Waals surface area contributed by atoms with Crippen LogP contribution in [0.4, 0.5) is 0 Å². The van der Waals surface area contributed by atoms with Crippen molar-refractivity contribution in [3.63, 3.8) is 0 Å². The predicted molar refractivity (Wildman–Crippen MR) is 116 cm³/mol. The van der Waals surface area contributed by atoms with E-state index in [0.717, 1.165) is 0 Å². The van der Waals surface area contributed by atoms with Gasteiger partial charge in [0, 0.05) is 23.2 Å². The molecule has 0 aliphatic heterocycles. The van der Waals surface area contributed by atoms with Gasteiger partial charge in [-0.3, -0.25) is 15.0 Å². The van der Waals surface area contributed by atoms with Crippen LogP contribution >= 0.6 is 11.6 Å². The number of carbonyl (C=O) groups excluding carboxylic acids is 2. The number of carboxylic acids is 1. The number of nitrogens with two attached hydrogens (primary N) is 1. The first-order valence-electron chi connectivity index (χ1n) is 9.28. The molecule has 1 atom stereocenters. The van der Waals surface area contributed by atoms with Gasteiger partial charge in [0.05, 0.1) is 12.1 Å². The van der Waals surface area contributed by atoms with E-state index in [-0.39, 0.29) is 41.7 Å². The van der Waals surface area contributed by atoms with Crippen molar-refractivity contribution < 1.29 is 29.3 Å². The Morgan fingerprint density at radius 1 is 1.12 bits per heavy atom. The molecule has 0 spiro atoms. The molecule has 8 N–H and O–H groups in total. The quantitative estimate of drug-likeness (QED) is 0.151. The Hall–Kier alpha value is -3.99. The molecule has 11 nitrogen and oxygen atoms in total. The topological polar surface area (TPSA) is 187 Å². The molecular weight excluding hydrogens is 442 g/mol. The van der Waals surface area contributed by atoms with E-state index in [1.807, 2.05) is 0 Å². The van der Waals surface area contributed by atoms with Crippen molar-refractivity contribution in [2.45, 2.75) is 6.04 Å². The summed E-state index contributed by atoms with van der Waals surface area (Å²) in [5.41, 5.74) is 5.21. The molecule has 0 heterocycles. The van der Waals surface area contributed by atoms with Crippen LogP contribution in [0, 0.1) is 5.41 Å². The molecule has 2 amide bonds. The average molecular weight is 464 g/mol. The molecule has 0 aliphatic carbocycles. The SMILES string of the molecule is N=C(N)NCCOc1ccc(C(=O)NC[C@H](NC(=O)c2cccc(Cl)c2)C(=O)O)c(O)c1. The molecule has 0 unspecified atom stereocenters. The highest BCUT2D eigenvalue weighted by molar-refractivity contribution is 6.31. The number of guanidine groups is 1. The maximum atomic E-state index is 12.4. The Morgan fingerprint density at radius 2 is 1.88 bits per heavy atom. The van der Waals surface area contributed by atoms with E-state index in [1.54, 1.807) is 12.1 Å². The van der Waals surface area contributed by atoms with Gasteiger partial charge in [-0.2, -0.15) is 0 Å². The Morgan fingerprint density at radius 3 is 2.50 bits per heavy atom. The molecule has 0 saturated carbocycles. The second kappa shape index (κ2) is 11.4. The van der Waals surface area contributed by atoms with Crippen LogP contribution in [0.2, 0.25) is 5.02 Å². The number of nitrogens with one attached hydrogen (secondary N) is 4. The molecule has 2 aromatic rings. The molecule has 0 aromatic heterocycles. The number of rotatable bonds is 10. The monoisotopic (exact) mass is 463 g/mol. The van der Waals surface area contributed by atoms with Crippen molar-refractivity contribution in [3.8, 4) is 11.5 Å². The fourth-order valence-electron chi connectivity index (χ4n) is 2.51. The Labute approximate surface area is 188 Å². The van der Waals surface area contributed by atoms with Crippen molar-refractivity contribution in [1.29, 1.82) is 5.41 Å². The highest BCUT2D eigenvalue weighted by Crippen LogP contribution is 2.23. The van der Waals surface area contributed by atoms with Gasteiger partial charge in [0.25, 0.3) is 11.8 Å². The summed E-state index contributed by atoms with van der Waals surface area (Å²) in [6.07, 6.45) is 0. The zero-order valence-corrected chi connectivity index (χ0v) is 17.5. The normalized spacial score (nSPS) is 11.2. The van der Waals surface area contributed by atoms with Crippen molar-refractivity contribution in [2.24, 2.45) is 5.73 Å². The summed E-state index contributed by atoms with van der Waals surface area (Å²) >= 11 is 5.83. The summed E-state index contributed by atoms with van der Waals surface area (Å²) in [6, 6.07) is 8.52. The molecule has 2 aromatic carbocycles. The van der Waals surface area contributed by atoms with Crippen molar-refractivity contribution >= 4 is 35.3 Å². The lowest BCUT2D eigenvalue weighted by Crippen LogP contribution is -2.48. The minimum Gasteiger partial charge on any atom is -0.507 e. The van der Waals surface area contributed by atoms with E-state index in [1.165, 1.54) is 30.3 Å². The largest absolute Gasteiger partial charge is 0.507 e. The van der Waals surface area contributed by atoms with Crippen molar-refractivity contribution in [3.05, 3.63) is 58.6 Å². The molecule has 0 fully saturated rings. The Balaban J connectivity index is 1.94. The van der Waals surface area contributed by atoms with Gasteiger partial charge in [-0.15, -0.1) is 0 Å². The van der Waals surface area contributed by atoms with Gasteiger partial charge >= 0.3 is 5.97 Å².